The van der Waals surface area contributed by atoms with Crippen LogP contribution in [0.2, 0.25) is 0 Å². The first-order chi connectivity index (χ1) is 18.0. The smallest absolute Gasteiger partial charge is 0.197 e. The molecule has 0 aromatic heterocycles. The number of hydrogen-bond acceptors (Lipinski definition) is 2. The molecule has 0 fully saturated rings. The molecule has 6 rings (SSSR count). The zero-order valence-electron chi connectivity index (χ0n) is 22.3. The zero-order valence-corrected chi connectivity index (χ0v) is 23.3. The molecule has 1 N–H and O–H groups in total. The number of benzene rings is 4. The first kappa shape index (κ1) is 24.4. The van der Waals surface area contributed by atoms with Gasteiger partial charge in [-0.15, -0.1) is 0 Å². The molecule has 2 aliphatic rings. The minimum Gasteiger partial charge on any atom is -0.325 e. The van der Waals surface area contributed by atoms with Crippen molar-refractivity contribution in [3.05, 3.63) is 131 Å². The first-order valence-electron chi connectivity index (χ1n) is 13.8. The van der Waals surface area contributed by atoms with E-state index in [9.17, 15) is 0 Å². The highest BCUT2D eigenvalue weighted by Crippen LogP contribution is 2.48. The van der Waals surface area contributed by atoms with Crippen molar-refractivity contribution in [3.63, 3.8) is 0 Å². The van der Waals surface area contributed by atoms with Crippen molar-refractivity contribution in [1.29, 1.82) is 0 Å². The highest BCUT2D eigenvalue weighted by Gasteiger charge is 2.52. The first-order valence-corrected chi connectivity index (χ1v) is 15.8. The van der Waals surface area contributed by atoms with Crippen molar-refractivity contribution >= 4 is 18.6 Å². The summed E-state index contributed by atoms with van der Waals surface area (Å²) < 4.78 is 0. The van der Waals surface area contributed by atoms with E-state index >= 15 is 0 Å². The lowest BCUT2D eigenvalue weighted by molar-refractivity contribution is 0.177. The molecule has 2 nitrogen and oxygen atoms in total. The predicted molar refractivity (Wildman–Crippen MR) is 158 cm³/mol. The van der Waals surface area contributed by atoms with Crippen LogP contribution in [0.1, 0.15) is 61.0 Å². The molecule has 188 valence electrons. The van der Waals surface area contributed by atoms with Gasteiger partial charge in [0.2, 0.25) is 0 Å². The Kier molecular flexibility index (Phi) is 6.40. The lowest BCUT2D eigenvalue weighted by Crippen LogP contribution is -2.75. The van der Waals surface area contributed by atoms with Gasteiger partial charge in [-0.25, -0.2) is 0 Å². The van der Waals surface area contributed by atoms with Crippen LogP contribution < -0.4 is 15.4 Å². The molecule has 0 amide bonds. The van der Waals surface area contributed by atoms with E-state index in [2.05, 4.69) is 140 Å². The van der Waals surface area contributed by atoms with Crippen LogP contribution in [0.4, 0.5) is 0 Å². The molecule has 1 aliphatic carbocycles. The summed E-state index contributed by atoms with van der Waals surface area (Å²) in [6.07, 6.45) is 2.29. The summed E-state index contributed by atoms with van der Waals surface area (Å²) in [4.78, 5) is 7.10. The van der Waals surface area contributed by atoms with Gasteiger partial charge in [0.1, 0.15) is 0 Å². The Morgan fingerprint density at radius 1 is 0.676 bits per heavy atom. The maximum absolute atomic E-state index is 4.34. The van der Waals surface area contributed by atoms with Crippen LogP contribution in [0.5, 0.6) is 0 Å². The second-order valence-electron chi connectivity index (χ2n) is 11.8. The van der Waals surface area contributed by atoms with Crippen LogP contribution >= 0.6 is 0 Å². The van der Waals surface area contributed by atoms with Gasteiger partial charge in [-0.2, -0.15) is 0 Å². The maximum atomic E-state index is 4.34. The lowest BCUT2D eigenvalue weighted by Gasteiger charge is -2.44. The third-order valence-electron chi connectivity index (χ3n) is 8.34. The molecule has 0 bridgehead atoms. The molecule has 4 aromatic carbocycles. The topological polar surface area (TPSA) is 15.3 Å². The maximum Gasteiger partial charge on any atom is 0.197 e. The number of rotatable bonds is 5. The molecule has 4 aromatic rings. The van der Waals surface area contributed by atoms with Gasteiger partial charge in [-0.1, -0.05) is 109 Å². The van der Waals surface area contributed by atoms with E-state index in [0.29, 0.717) is 11.6 Å². The Morgan fingerprint density at radius 3 is 1.84 bits per heavy atom. The average molecular weight is 503 g/mol. The molecule has 0 spiro atoms. The molecule has 2 unspecified atom stereocenters. The molecule has 2 atom stereocenters. The fourth-order valence-electron chi connectivity index (χ4n) is 6.94. The number of fused-ring (bicyclic) bond motifs is 2. The van der Waals surface area contributed by atoms with E-state index < -0.39 is 8.24 Å². The lowest BCUT2D eigenvalue weighted by atomic mass is 9.97. The molecule has 3 heteroatoms. The summed E-state index contributed by atoms with van der Waals surface area (Å²) in [6, 6.07) is 41.5. The van der Waals surface area contributed by atoms with Crippen molar-refractivity contribution in [2.75, 3.05) is 6.54 Å². The standard InChI is InChI=1S/C34H38N2Si/c1-34(2,3)35-37(28-16-6-4-7-17-28,29-18-8-5-9-19-29)33-24-32(30-20-12-13-21-31(30)33)36-23-22-26-14-10-11-15-27(26)25-36/h4-21,32-33,35H,22-25H2,1-3H3. The summed E-state index contributed by atoms with van der Waals surface area (Å²) in [5.74, 6) is 0. The van der Waals surface area contributed by atoms with Gasteiger partial charge in [0.05, 0.1) is 0 Å². The van der Waals surface area contributed by atoms with E-state index in [1.54, 1.807) is 5.56 Å². The summed E-state index contributed by atoms with van der Waals surface area (Å²) in [5, 5.41) is 2.95. The summed E-state index contributed by atoms with van der Waals surface area (Å²) in [5.41, 5.74) is 6.52. The van der Waals surface area contributed by atoms with Gasteiger partial charge in [0.25, 0.3) is 0 Å². The summed E-state index contributed by atoms with van der Waals surface area (Å²) in [7, 11) is -2.46. The minimum atomic E-state index is -2.46. The highest BCUT2D eigenvalue weighted by molar-refractivity contribution is 7.01. The second kappa shape index (κ2) is 9.72. The van der Waals surface area contributed by atoms with Gasteiger partial charge in [0, 0.05) is 30.2 Å². The van der Waals surface area contributed by atoms with Crippen LogP contribution in [0.25, 0.3) is 0 Å². The van der Waals surface area contributed by atoms with Crippen LogP contribution in [-0.2, 0) is 13.0 Å². The monoisotopic (exact) mass is 502 g/mol. The molecule has 0 radical (unpaired) electrons. The van der Waals surface area contributed by atoms with Crippen LogP contribution in [0.15, 0.2) is 109 Å². The van der Waals surface area contributed by atoms with Crippen molar-refractivity contribution in [1.82, 2.24) is 9.88 Å². The number of nitrogens with one attached hydrogen (secondary N) is 1. The van der Waals surface area contributed by atoms with Gasteiger partial charge >= 0.3 is 0 Å². The Labute approximate surface area is 223 Å². The van der Waals surface area contributed by atoms with Crippen LogP contribution in [0.3, 0.4) is 0 Å². The number of nitrogens with zero attached hydrogens (tertiary/aromatic N) is 1. The Morgan fingerprint density at radius 2 is 1.22 bits per heavy atom. The second-order valence-corrected chi connectivity index (χ2v) is 15.6. The highest BCUT2D eigenvalue weighted by atomic mass is 28.3. The van der Waals surface area contributed by atoms with E-state index in [-0.39, 0.29) is 5.54 Å². The van der Waals surface area contributed by atoms with Gasteiger partial charge in [-0.05, 0) is 66.2 Å². The van der Waals surface area contributed by atoms with E-state index in [0.717, 1.165) is 25.9 Å². The average Bonchev–Trinajstić information content (AvgIpc) is 3.32. The van der Waals surface area contributed by atoms with Crippen LogP contribution in [-0.4, -0.2) is 25.2 Å². The summed E-state index contributed by atoms with van der Waals surface area (Å²) >= 11 is 0. The normalized spacial score (nSPS) is 19.9. The quantitative estimate of drug-likeness (QED) is 0.339. The molecular formula is C34H38N2Si. The molecule has 0 saturated carbocycles. The third-order valence-corrected chi connectivity index (χ3v) is 13.6. The van der Waals surface area contributed by atoms with Gasteiger partial charge in [0.15, 0.2) is 8.24 Å². The fourth-order valence-corrected chi connectivity index (χ4v) is 12.5. The fraction of sp³-hybridized carbons (Fsp3) is 0.294. The minimum absolute atomic E-state index is 0.0188. The Bertz CT molecular complexity index is 1320. The van der Waals surface area contributed by atoms with Crippen LogP contribution in [0, 0.1) is 0 Å². The van der Waals surface area contributed by atoms with E-state index in [1.165, 1.54) is 27.1 Å². The van der Waals surface area contributed by atoms with Crippen molar-refractivity contribution in [2.45, 2.75) is 57.3 Å². The van der Waals surface area contributed by atoms with E-state index in [1.807, 2.05) is 0 Å². The zero-order chi connectivity index (χ0) is 25.5. The Balaban J connectivity index is 1.50. The van der Waals surface area contributed by atoms with Gasteiger partial charge in [-0.3, -0.25) is 4.90 Å². The third kappa shape index (κ3) is 4.50. The molecule has 37 heavy (non-hydrogen) atoms. The molecule has 1 aliphatic heterocycles. The molecule has 1 heterocycles. The van der Waals surface area contributed by atoms with E-state index in [4.69, 9.17) is 0 Å². The molecule has 0 saturated heterocycles. The summed E-state index contributed by atoms with van der Waals surface area (Å²) in [6.45, 7) is 9.17. The largest absolute Gasteiger partial charge is 0.325 e. The SMILES string of the molecule is CC(C)(C)N[Si](c1ccccc1)(c1ccccc1)C1CC(N2CCc3ccccc3C2)c2ccccc21. The van der Waals surface area contributed by atoms with Crippen molar-refractivity contribution in [3.8, 4) is 0 Å². The number of hydrogen-bond donors (Lipinski definition) is 1. The molecular weight excluding hydrogens is 464 g/mol. The Hall–Kier alpha value is -2.98. The van der Waals surface area contributed by atoms with Crippen molar-refractivity contribution in [2.24, 2.45) is 0 Å². The van der Waals surface area contributed by atoms with Gasteiger partial charge < -0.3 is 4.98 Å². The predicted octanol–water partition coefficient (Wildman–Crippen LogP) is 5.96. The van der Waals surface area contributed by atoms with Crippen molar-refractivity contribution < 1.29 is 0 Å².